The summed E-state index contributed by atoms with van der Waals surface area (Å²) in [6.45, 7) is 2.88. The minimum absolute atomic E-state index is 0.0212. The largest absolute Gasteiger partial charge is 0.368 e. The smallest absolute Gasteiger partial charge is 0.292 e. The van der Waals surface area contributed by atoms with Crippen molar-refractivity contribution in [2.45, 2.75) is 25.7 Å². The highest BCUT2D eigenvalue weighted by Gasteiger charge is 2.30. The molecule has 3 aromatic rings. The number of hydrogen-bond donors (Lipinski definition) is 0. The lowest BCUT2D eigenvalue weighted by molar-refractivity contribution is 0.0703. The van der Waals surface area contributed by atoms with Gasteiger partial charge in [-0.3, -0.25) is 4.79 Å². The van der Waals surface area contributed by atoms with Gasteiger partial charge in [-0.1, -0.05) is 5.16 Å². The Hall–Kier alpha value is -3.16. The first kappa shape index (κ1) is 18.8. The molecule has 0 atom stereocenters. The molecule has 0 bridgehead atoms. The van der Waals surface area contributed by atoms with Gasteiger partial charge in [0.05, 0.1) is 11.2 Å². The molecule has 0 saturated carbocycles. The maximum Gasteiger partial charge on any atom is 0.292 e. The summed E-state index contributed by atoms with van der Waals surface area (Å²) in [5, 5.41) is 5.17. The van der Waals surface area contributed by atoms with E-state index >= 15 is 0 Å². The van der Waals surface area contributed by atoms with Crippen molar-refractivity contribution in [3.8, 4) is 0 Å². The van der Waals surface area contributed by atoms with Crippen molar-refractivity contribution in [1.29, 1.82) is 0 Å². The summed E-state index contributed by atoms with van der Waals surface area (Å²) in [6, 6.07) is 6.28. The number of carbonyl (C=O) groups is 1. The van der Waals surface area contributed by atoms with Crippen LogP contribution in [0.4, 0.5) is 11.5 Å². The topological polar surface area (TPSA) is 78.6 Å². The molecule has 1 amide bonds. The van der Waals surface area contributed by atoms with Crippen LogP contribution in [-0.4, -0.2) is 66.2 Å². The van der Waals surface area contributed by atoms with Gasteiger partial charge >= 0.3 is 0 Å². The molecule has 8 heteroatoms. The quantitative estimate of drug-likeness (QED) is 0.661. The van der Waals surface area contributed by atoms with Crippen molar-refractivity contribution in [2.75, 3.05) is 50.1 Å². The van der Waals surface area contributed by atoms with Crippen molar-refractivity contribution in [2.24, 2.45) is 0 Å². The van der Waals surface area contributed by atoms with Gasteiger partial charge in [0.2, 0.25) is 5.76 Å². The van der Waals surface area contributed by atoms with Crippen LogP contribution in [0.25, 0.3) is 10.9 Å². The molecular formula is C22H26N6O2. The van der Waals surface area contributed by atoms with E-state index in [1.165, 1.54) is 0 Å². The summed E-state index contributed by atoms with van der Waals surface area (Å²) in [5.74, 6) is 1.34. The summed E-state index contributed by atoms with van der Waals surface area (Å²) in [7, 11) is 3.97. The van der Waals surface area contributed by atoms with Gasteiger partial charge in [0.1, 0.15) is 12.1 Å². The third kappa shape index (κ3) is 3.26. The van der Waals surface area contributed by atoms with Gasteiger partial charge in [-0.05, 0) is 43.9 Å². The highest BCUT2D eigenvalue weighted by molar-refractivity contribution is 5.94. The van der Waals surface area contributed by atoms with E-state index in [1.807, 2.05) is 30.0 Å². The number of piperazine rings is 1. The van der Waals surface area contributed by atoms with E-state index in [1.54, 1.807) is 6.33 Å². The summed E-state index contributed by atoms with van der Waals surface area (Å²) >= 11 is 0. The van der Waals surface area contributed by atoms with Gasteiger partial charge in [-0.15, -0.1) is 0 Å². The fraction of sp³-hybridized carbons (Fsp3) is 0.455. The molecule has 30 heavy (non-hydrogen) atoms. The molecule has 8 nitrogen and oxygen atoms in total. The Morgan fingerprint density at radius 2 is 1.87 bits per heavy atom. The first-order valence-electron chi connectivity index (χ1n) is 10.6. The molecule has 0 unspecified atom stereocenters. The van der Waals surface area contributed by atoms with Crippen LogP contribution in [0.15, 0.2) is 29.0 Å². The Balaban J connectivity index is 1.32. The summed E-state index contributed by atoms with van der Waals surface area (Å²) in [5.41, 5.74) is 4.06. The van der Waals surface area contributed by atoms with Crippen molar-refractivity contribution >= 4 is 28.3 Å². The molecule has 0 N–H and O–H groups in total. The van der Waals surface area contributed by atoms with Crippen LogP contribution in [0.1, 0.15) is 34.7 Å². The van der Waals surface area contributed by atoms with Gasteiger partial charge in [0.15, 0.2) is 0 Å². The average Bonchev–Trinajstić information content (AvgIpc) is 3.22. The summed E-state index contributed by atoms with van der Waals surface area (Å²) in [4.78, 5) is 28.0. The Morgan fingerprint density at radius 1 is 1.07 bits per heavy atom. The van der Waals surface area contributed by atoms with E-state index in [-0.39, 0.29) is 5.91 Å². The number of aryl methyl sites for hydroxylation is 1. The SMILES string of the molecule is CN(C)c1ncnc2ccc(N3CCN(C(=O)c4onc5c4CCCC5)CC3)cc12. The Morgan fingerprint density at radius 3 is 2.67 bits per heavy atom. The fourth-order valence-electron chi connectivity index (χ4n) is 4.45. The standard InChI is InChI=1S/C22H26N6O2/c1-26(2)21-17-13-15(7-8-18(17)23-14-24-21)27-9-11-28(12-10-27)22(29)20-16-5-3-4-6-19(16)25-30-20/h7-8,13-14H,3-6,9-12H2,1-2H3. The normalized spacial score (nSPS) is 16.6. The van der Waals surface area contributed by atoms with E-state index in [9.17, 15) is 4.79 Å². The van der Waals surface area contributed by atoms with Crippen molar-refractivity contribution in [1.82, 2.24) is 20.0 Å². The van der Waals surface area contributed by atoms with Gasteiger partial charge in [-0.25, -0.2) is 9.97 Å². The number of aromatic nitrogens is 3. The lowest BCUT2D eigenvalue weighted by Crippen LogP contribution is -2.49. The van der Waals surface area contributed by atoms with Gasteiger partial charge in [0, 0.05) is 56.9 Å². The summed E-state index contributed by atoms with van der Waals surface area (Å²) < 4.78 is 5.45. The van der Waals surface area contributed by atoms with E-state index < -0.39 is 0 Å². The number of carbonyl (C=O) groups excluding carboxylic acids is 1. The third-order valence-electron chi connectivity index (χ3n) is 6.11. The third-order valence-corrected chi connectivity index (χ3v) is 6.11. The lowest BCUT2D eigenvalue weighted by atomic mass is 9.96. The molecule has 2 aliphatic rings. The first-order chi connectivity index (χ1) is 14.6. The van der Waals surface area contributed by atoms with Crippen molar-refractivity contribution in [3.63, 3.8) is 0 Å². The fourth-order valence-corrected chi connectivity index (χ4v) is 4.45. The molecule has 0 spiro atoms. The zero-order valence-corrected chi connectivity index (χ0v) is 17.5. The van der Waals surface area contributed by atoms with E-state index in [0.29, 0.717) is 18.8 Å². The number of amides is 1. The van der Waals surface area contributed by atoms with E-state index in [4.69, 9.17) is 4.52 Å². The van der Waals surface area contributed by atoms with Crippen molar-refractivity contribution in [3.05, 3.63) is 41.5 Å². The maximum absolute atomic E-state index is 13.0. The molecule has 5 rings (SSSR count). The van der Waals surface area contributed by atoms with Crippen LogP contribution in [0.5, 0.6) is 0 Å². The Labute approximate surface area is 175 Å². The molecule has 1 aliphatic heterocycles. The molecule has 0 radical (unpaired) electrons. The molecular weight excluding hydrogens is 380 g/mol. The van der Waals surface area contributed by atoms with Gasteiger partial charge in [-0.2, -0.15) is 0 Å². The minimum atomic E-state index is -0.0212. The molecule has 2 aromatic heterocycles. The van der Waals surface area contributed by atoms with E-state index in [2.05, 4.69) is 32.2 Å². The molecule has 1 aliphatic carbocycles. The van der Waals surface area contributed by atoms with E-state index in [0.717, 1.165) is 72.4 Å². The monoisotopic (exact) mass is 406 g/mol. The van der Waals surface area contributed by atoms with Crippen LogP contribution in [0, 0.1) is 0 Å². The van der Waals surface area contributed by atoms with Crippen LogP contribution in [0.3, 0.4) is 0 Å². The highest BCUT2D eigenvalue weighted by atomic mass is 16.5. The van der Waals surface area contributed by atoms with Gasteiger partial charge in [0.25, 0.3) is 5.91 Å². The number of nitrogens with zero attached hydrogens (tertiary/aromatic N) is 6. The second-order valence-electron chi connectivity index (χ2n) is 8.22. The zero-order valence-electron chi connectivity index (χ0n) is 17.5. The highest BCUT2D eigenvalue weighted by Crippen LogP contribution is 2.28. The number of benzene rings is 1. The zero-order chi connectivity index (χ0) is 20.7. The predicted molar refractivity (Wildman–Crippen MR) is 115 cm³/mol. The molecule has 1 aromatic carbocycles. The predicted octanol–water partition coefficient (Wildman–Crippen LogP) is 2.53. The minimum Gasteiger partial charge on any atom is -0.368 e. The maximum atomic E-state index is 13.0. The summed E-state index contributed by atoms with van der Waals surface area (Å²) in [6.07, 6.45) is 5.64. The second-order valence-corrected chi connectivity index (χ2v) is 8.22. The Bertz CT molecular complexity index is 1080. The second kappa shape index (κ2) is 7.59. The number of anilines is 2. The van der Waals surface area contributed by atoms with Crippen LogP contribution < -0.4 is 9.80 Å². The molecule has 1 saturated heterocycles. The number of rotatable bonds is 3. The van der Waals surface area contributed by atoms with Crippen molar-refractivity contribution < 1.29 is 9.32 Å². The first-order valence-corrected chi connectivity index (χ1v) is 10.6. The van der Waals surface area contributed by atoms with Crippen LogP contribution >= 0.6 is 0 Å². The number of fused-ring (bicyclic) bond motifs is 2. The van der Waals surface area contributed by atoms with Crippen LogP contribution in [-0.2, 0) is 12.8 Å². The average molecular weight is 406 g/mol. The van der Waals surface area contributed by atoms with Gasteiger partial charge < -0.3 is 19.2 Å². The lowest BCUT2D eigenvalue weighted by Gasteiger charge is -2.36. The molecule has 156 valence electrons. The molecule has 3 heterocycles. The van der Waals surface area contributed by atoms with Crippen LogP contribution in [0.2, 0.25) is 0 Å². The number of hydrogen-bond acceptors (Lipinski definition) is 7. The Kier molecular flexibility index (Phi) is 4.77. The molecule has 1 fully saturated rings.